The number of fused-ring (bicyclic) bond motifs is 1. The van der Waals surface area contributed by atoms with E-state index in [4.69, 9.17) is 20.9 Å². The number of hydrogen-bond acceptors (Lipinski definition) is 8. The Bertz CT molecular complexity index is 573. The molecule has 6 N–H and O–H groups in total. The zero-order valence-corrected chi connectivity index (χ0v) is 13.1. The molecule has 10 nitrogen and oxygen atoms in total. The molecule has 0 radical (unpaired) electrons. The zero-order valence-electron chi connectivity index (χ0n) is 13.1. The van der Waals surface area contributed by atoms with Gasteiger partial charge in [-0.05, 0) is 5.92 Å². The van der Waals surface area contributed by atoms with E-state index in [-0.39, 0.29) is 37.5 Å². The van der Waals surface area contributed by atoms with E-state index in [1.807, 2.05) is 13.8 Å². The summed E-state index contributed by atoms with van der Waals surface area (Å²) in [5.41, 5.74) is 11.6. The van der Waals surface area contributed by atoms with Gasteiger partial charge in [0.2, 0.25) is 0 Å². The van der Waals surface area contributed by atoms with Crippen LogP contribution in [0.4, 0.5) is 5.82 Å². The van der Waals surface area contributed by atoms with E-state index in [0.717, 1.165) is 0 Å². The minimum atomic E-state index is -0.677. The monoisotopic (exact) mass is 326 g/mol. The van der Waals surface area contributed by atoms with Gasteiger partial charge in [-0.25, -0.2) is 4.98 Å². The topological polar surface area (TPSA) is 147 Å². The number of aromatic nitrogens is 2. The summed E-state index contributed by atoms with van der Waals surface area (Å²) in [4.78, 5) is 27.2. The summed E-state index contributed by atoms with van der Waals surface area (Å²) < 4.78 is 12.0. The first-order valence-corrected chi connectivity index (χ1v) is 7.28. The first-order valence-electron chi connectivity index (χ1n) is 7.28. The predicted octanol–water partition coefficient (Wildman–Crippen LogP) is -1.22. The van der Waals surface area contributed by atoms with Crippen LogP contribution < -0.4 is 22.1 Å². The van der Waals surface area contributed by atoms with Gasteiger partial charge in [-0.1, -0.05) is 13.8 Å². The number of nitrogens with two attached hydrogens (primary N) is 2. The second-order valence-corrected chi connectivity index (χ2v) is 5.48. The van der Waals surface area contributed by atoms with E-state index in [1.165, 1.54) is 6.33 Å². The molecule has 1 aromatic heterocycles. The number of carbonyl (C=O) groups excluding carboxylic acids is 2. The SMILES string of the molecule is CC(C)C(N)C(=O)OCCOCn1cnc2c1NC(N)NC2=O. The van der Waals surface area contributed by atoms with Crippen molar-refractivity contribution in [3.05, 3.63) is 12.0 Å². The van der Waals surface area contributed by atoms with E-state index in [1.54, 1.807) is 4.57 Å². The Balaban J connectivity index is 1.76. The summed E-state index contributed by atoms with van der Waals surface area (Å²) >= 11 is 0. The van der Waals surface area contributed by atoms with Gasteiger partial charge in [0.1, 0.15) is 25.2 Å². The van der Waals surface area contributed by atoms with Gasteiger partial charge >= 0.3 is 5.97 Å². The molecule has 128 valence electrons. The van der Waals surface area contributed by atoms with Crippen molar-refractivity contribution >= 4 is 17.7 Å². The molecule has 1 aliphatic heterocycles. The standard InChI is InChI=1S/C13H22N6O4/c1-7(2)8(14)12(21)23-4-3-22-6-19-5-16-9-10(19)17-13(15)18-11(9)20/h5,7-8,13,17H,3-4,6,14-15H2,1-2H3,(H,18,20). The summed E-state index contributed by atoms with van der Waals surface area (Å²) in [5, 5.41) is 5.39. The summed E-state index contributed by atoms with van der Waals surface area (Å²) in [5.74, 6) is -0.295. The molecule has 23 heavy (non-hydrogen) atoms. The number of carbonyl (C=O) groups is 2. The van der Waals surface area contributed by atoms with Crippen molar-refractivity contribution in [2.45, 2.75) is 32.9 Å². The van der Waals surface area contributed by atoms with Crippen LogP contribution in [0.25, 0.3) is 0 Å². The molecule has 2 heterocycles. The molecule has 2 atom stereocenters. The second kappa shape index (κ2) is 7.40. The highest BCUT2D eigenvalue weighted by molar-refractivity contribution is 5.98. The Morgan fingerprint density at radius 1 is 1.43 bits per heavy atom. The van der Waals surface area contributed by atoms with Crippen LogP contribution in [-0.4, -0.2) is 47.0 Å². The number of anilines is 1. The maximum atomic E-state index is 11.7. The molecule has 0 aromatic carbocycles. The van der Waals surface area contributed by atoms with Crippen molar-refractivity contribution in [2.75, 3.05) is 18.5 Å². The highest BCUT2D eigenvalue weighted by Gasteiger charge is 2.25. The van der Waals surface area contributed by atoms with E-state index in [9.17, 15) is 9.59 Å². The van der Waals surface area contributed by atoms with Crippen LogP contribution in [0.5, 0.6) is 0 Å². The van der Waals surface area contributed by atoms with Crippen molar-refractivity contribution in [3.63, 3.8) is 0 Å². The molecule has 1 aromatic rings. The van der Waals surface area contributed by atoms with Gasteiger partial charge in [0, 0.05) is 0 Å². The molecule has 2 rings (SSSR count). The number of imidazole rings is 1. The number of nitrogens with one attached hydrogen (secondary N) is 2. The summed E-state index contributed by atoms with van der Waals surface area (Å²) in [6.45, 7) is 4.13. The van der Waals surface area contributed by atoms with Crippen LogP contribution in [0.3, 0.4) is 0 Å². The predicted molar refractivity (Wildman–Crippen MR) is 81.0 cm³/mol. The van der Waals surface area contributed by atoms with Crippen molar-refractivity contribution in [1.82, 2.24) is 14.9 Å². The van der Waals surface area contributed by atoms with Gasteiger partial charge in [0.15, 0.2) is 12.0 Å². The van der Waals surface area contributed by atoms with Gasteiger partial charge < -0.3 is 25.8 Å². The molecule has 0 saturated heterocycles. The molecular formula is C13H22N6O4. The van der Waals surface area contributed by atoms with E-state index >= 15 is 0 Å². The molecule has 0 bridgehead atoms. The number of ether oxygens (including phenoxy) is 2. The lowest BCUT2D eigenvalue weighted by molar-refractivity contribution is -0.148. The largest absolute Gasteiger partial charge is 0.462 e. The Kier molecular flexibility index (Phi) is 5.53. The van der Waals surface area contributed by atoms with Crippen molar-refractivity contribution in [1.29, 1.82) is 0 Å². The summed E-state index contributed by atoms with van der Waals surface area (Å²) in [7, 11) is 0. The first kappa shape index (κ1) is 17.2. The highest BCUT2D eigenvalue weighted by atomic mass is 16.6. The van der Waals surface area contributed by atoms with Crippen LogP contribution in [0.15, 0.2) is 6.33 Å². The Labute approximate surface area is 133 Å². The number of hydrogen-bond donors (Lipinski definition) is 4. The van der Waals surface area contributed by atoms with Crippen LogP contribution in [0.1, 0.15) is 24.3 Å². The van der Waals surface area contributed by atoms with Crippen LogP contribution in [-0.2, 0) is 21.0 Å². The number of nitrogens with zero attached hydrogens (tertiary/aromatic N) is 2. The normalized spacial score (nSPS) is 18.1. The Hall–Kier alpha value is -2.17. The molecule has 0 spiro atoms. The fraction of sp³-hybridized carbons (Fsp3) is 0.615. The van der Waals surface area contributed by atoms with Crippen molar-refractivity contribution in [3.8, 4) is 0 Å². The molecule has 0 fully saturated rings. The van der Waals surface area contributed by atoms with E-state index in [2.05, 4.69) is 15.6 Å². The lowest BCUT2D eigenvalue weighted by atomic mass is 10.1. The maximum Gasteiger partial charge on any atom is 0.323 e. The fourth-order valence-electron chi connectivity index (χ4n) is 1.92. The second-order valence-electron chi connectivity index (χ2n) is 5.48. The van der Waals surface area contributed by atoms with Gasteiger partial charge in [-0.3, -0.25) is 19.9 Å². The van der Waals surface area contributed by atoms with Crippen LogP contribution in [0, 0.1) is 5.92 Å². The smallest absolute Gasteiger partial charge is 0.323 e. The minimum absolute atomic E-state index is 0.0160. The molecule has 2 unspecified atom stereocenters. The number of amides is 1. The number of esters is 1. The summed E-state index contributed by atoms with van der Waals surface area (Å²) in [6.07, 6.45) is 0.791. The third kappa shape index (κ3) is 4.18. The number of rotatable bonds is 7. The molecule has 0 saturated carbocycles. The highest BCUT2D eigenvalue weighted by Crippen LogP contribution is 2.17. The van der Waals surface area contributed by atoms with E-state index < -0.39 is 18.3 Å². The van der Waals surface area contributed by atoms with Gasteiger partial charge in [0.05, 0.1) is 12.9 Å². The lowest BCUT2D eigenvalue weighted by Crippen LogP contribution is -2.51. The third-order valence-corrected chi connectivity index (χ3v) is 3.32. The molecule has 0 aliphatic carbocycles. The minimum Gasteiger partial charge on any atom is -0.462 e. The van der Waals surface area contributed by atoms with Crippen LogP contribution >= 0.6 is 0 Å². The van der Waals surface area contributed by atoms with E-state index in [0.29, 0.717) is 5.82 Å². The lowest BCUT2D eigenvalue weighted by Gasteiger charge is -2.23. The molecular weight excluding hydrogens is 304 g/mol. The molecule has 10 heteroatoms. The van der Waals surface area contributed by atoms with Crippen LogP contribution in [0.2, 0.25) is 0 Å². The molecule has 1 aliphatic rings. The van der Waals surface area contributed by atoms with Gasteiger partial charge in [0.25, 0.3) is 5.91 Å². The maximum absolute atomic E-state index is 11.7. The average molecular weight is 326 g/mol. The first-order chi connectivity index (χ1) is 10.9. The fourth-order valence-corrected chi connectivity index (χ4v) is 1.92. The summed E-state index contributed by atoms with van der Waals surface area (Å²) in [6, 6.07) is -0.639. The third-order valence-electron chi connectivity index (χ3n) is 3.32. The zero-order chi connectivity index (χ0) is 17.0. The van der Waals surface area contributed by atoms with Gasteiger partial charge in [-0.15, -0.1) is 0 Å². The van der Waals surface area contributed by atoms with Crippen molar-refractivity contribution < 1.29 is 19.1 Å². The average Bonchev–Trinajstić information content (AvgIpc) is 2.89. The van der Waals surface area contributed by atoms with Gasteiger partial charge in [-0.2, -0.15) is 0 Å². The van der Waals surface area contributed by atoms with Crippen molar-refractivity contribution in [2.24, 2.45) is 17.4 Å². The molecule has 1 amide bonds. The Morgan fingerprint density at radius 3 is 2.87 bits per heavy atom. The Morgan fingerprint density at radius 2 is 2.17 bits per heavy atom. The quantitative estimate of drug-likeness (QED) is 0.360.